The zero-order valence-electron chi connectivity index (χ0n) is 15.2. The van der Waals surface area contributed by atoms with Gasteiger partial charge in [0.05, 0.1) is 12.1 Å². The number of aromatic nitrogens is 2. The number of hydrogen-bond donors (Lipinski definition) is 2. The summed E-state index contributed by atoms with van der Waals surface area (Å²) in [4.78, 5) is 17.4. The first-order chi connectivity index (χ1) is 11.9. The van der Waals surface area contributed by atoms with Crippen LogP contribution in [0, 0.1) is 5.41 Å². The van der Waals surface area contributed by atoms with E-state index < -0.39 is 0 Å². The van der Waals surface area contributed by atoms with Crippen LogP contribution < -0.4 is 5.32 Å². The Bertz CT molecular complexity index is 755. The lowest BCUT2D eigenvalue weighted by Crippen LogP contribution is -2.43. The van der Waals surface area contributed by atoms with Crippen LogP contribution in [0.1, 0.15) is 49.9 Å². The van der Waals surface area contributed by atoms with Gasteiger partial charge in [-0.05, 0) is 25.0 Å². The highest BCUT2D eigenvalue weighted by molar-refractivity contribution is 5.99. The van der Waals surface area contributed by atoms with Crippen molar-refractivity contribution in [2.45, 2.75) is 39.0 Å². The second-order valence-corrected chi connectivity index (χ2v) is 7.94. The Hall–Kier alpha value is -1.92. The smallest absolute Gasteiger partial charge is 0.272 e. The van der Waals surface area contributed by atoms with Crippen LogP contribution in [0.25, 0.3) is 5.52 Å². The minimum Gasteiger partial charge on any atom is -0.396 e. The molecule has 0 spiro atoms. The summed E-state index contributed by atoms with van der Waals surface area (Å²) in [6.45, 7) is 7.98. The van der Waals surface area contributed by atoms with Crippen LogP contribution in [0.15, 0.2) is 24.4 Å². The van der Waals surface area contributed by atoms with Gasteiger partial charge in [-0.3, -0.25) is 4.79 Å². The van der Waals surface area contributed by atoms with Crippen LogP contribution in [0.4, 0.5) is 0 Å². The number of nitrogens with zero attached hydrogens (tertiary/aromatic N) is 2. The van der Waals surface area contributed by atoms with Crippen molar-refractivity contribution < 1.29 is 14.6 Å². The third-order valence-corrected chi connectivity index (χ3v) is 4.95. The lowest BCUT2D eigenvalue weighted by molar-refractivity contribution is -0.0146. The molecule has 2 N–H and O–H groups in total. The number of carbonyl (C=O) groups is 1. The van der Waals surface area contributed by atoms with Gasteiger partial charge in [0, 0.05) is 36.8 Å². The number of pyridine rings is 1. The molecule has 1 amide bonds. The van der Waals surface area contributed by atoms with Crippen molar-refractivity contribution in [3.8, 4) is 0 Å². The highest BCUT2D eigenvalue weighted by Gasteiger charge is 2.33. The molecule has 0 aliphatic carbocycles. The molecule has 6 heteroatoms. The zero-order valence-corrected chi connectivity index (χ0v) is 15.2. The molecular weight excluding hydrogens is 318 g/mol. The molecular formula is C19H27N3O3. The average Bonchev–Trinajstić information content (AvgIpc) is 3.01. The van der Waals surface area contributed by atoms with E-state index in [1.807, 2.05) is 28.8 Å². The molecule has 0 aromatic carbocycles. The molecule has 3 heterocycles. The number of ether oxygens (including phenoxy) is 1. The van der Waals surface area contributed by atoms with Gasteiger partial charge in [0.1, 0.15) is 5.82 Å². The van der Waals surface area contributed by atoms with Crippen molar-refractivity contribution in [2.24, 2.45) is 5.41 Å². The Balaban J connectivity index is 1.85. The van der Waals surface area contributed by atoms with Crippen LogP contribution in [0.3, 0.4) is 0 Å². The molecule has 2 aromatic heterocycles. The van der Waals surface area contributed by atoms with Crippen LogP contribution in [-0.4, -0.2) is 46.8 Å². The first kappa shape index (κ1) is 17.9. The second-order valence-electron chi connectivity index (χ2n) is 7.94. The number of carbonyl (C=O) groups excluding carboxylic acids is 1. The normalized spacial score (nSPS) is 17.6. The van der Waals surface area contributed by atoms with Gasteiger partial charge in [-0.1, -0.05) is 26.8 Å². The van der Waals surface area contributed by atoms with E-state index in [4.69, 9.17) is 4.74 Å². The van der Waals surface area contributed by atoms with E-state index in [9.17, 15) is 9.90 Å². The van der Waals surface area contributed by atoms with Gasteiger partial charge < -0.3 is 19.6 Å². The minimum absolute atomic E-state index is 0.0494. The summed E-state index contributed by atoms with van der Waals surface area (Å²) in [5.74, 6) is 0.662. The Morgan fingerprint density at radius 2 is 2.08 bits per heavy atom. The van der Waals surface area contributed by atoms with E-state index >= 15 is 0 Å². The summed E-state index contributed by atoms with van der Waals surface area (Å²) in [6.07, 6.45) is 3.44. The highest BCUT2D eigenvalue weighted by Crippen LogP contribution is 2.29. The van der Waals surface area contributed by atoms with Crippen molar-refractivity contribution in [3.63, 3.8) is 0 Å². The molecule has 6 nitrogen and oxygen atoms in total. The average molecular weight is 345 g/mol. The lowest BCUT2D eigenvalue weighted by Gasteiger charge is -2.35. The molecule has 1 aliphatic rings. The summed E-state index contributed by atoms with van der Waals surface area (Å²) < 4.78 is 7.35. The quantitative estimate of drug-likeness (QED) is 0.890. The van der Waals surface area contributed by atoms with E-state index in [2.05, 4.69) is 31.1 Å². The zero-order chi connectivity index (χ0) is 18.1. The summed E-state index contributed by atoms with van der Waals surface area (Å²) in [6, 6.07) is 5.76. The Kier molecular flexibility index (Phi) is 4.84. The molecule has 136 valence electrons. The number of fused-ring (bicyclic) bond motifs is 1. The fourth-order valence-corrected chi connectivity index (χ4v) is 3.28. The first-order valence-electron chi connectivity index (χ1n) is 8.81. The third kappa shape index (κ3) is 3.55. The SMILES string of the molecule is CC(C)(C)c1nc(C(=O)NCC2(CO)CCOCC2)c2ccccn12. The van der Waals surface area contributed by atoms with Gasteiger partial charge in [0.25, 0.3) is 5.91 Å². The second kappa shape index (κ2) is 6.77. The molecule has 1 saturated heterocycles. The van der Waals surface area contributed by atoms with E-state index in [1.54, 1.807) is 0 Å². The molecule has 1 fully saturated rings. The largest absolute Gasteiger partial charge is 0.396 e. The molecule has 0 saturated carbocycles. The van der Waals surface area contributed by atoms with Crippen molar-refractivity contribution in [2.75, 3.05) is 26.4 Å². The van der Waals surface area contributed by atoms with Crippen LogP contribution >= 0.6 is 0 Å². The summed E-state index contributed by atoms with van der Waals surface area (Å²) in [5.41, 5.74) is 0.771. The van der Waals surface area contributed by atoms with Gasteiger partial charge >= 0.3 is 0 Å². The molecule has 1 aliphatic heterocycles. The molecule has 3 rings (SSSR count). The van der Waals surface area contributed by atoms with Crippen LogP contribution in [-0.2, 0) is 10.2 Å². The molecule has 2 aromatic rings. The van der Waals surface area contributed by atoms with Crippen molar-refractivity contribution in [1.29, 1.82) is 0 Å². The van der Waals surface area contributed by atoms with E-state index in [0.717, 1.165) is 24.2 Å². The maximum Gasteiger partial charge on any atom is 0.272 e. The summed E-state index contributed by atoms with van der Waals surface area (Å²) >= 11 is 0. The predicted molar refractivity (Wildman–Crippen MR) is 95.8 cm³/mol. The van der Waals surface area contributed by atoms with Crippen molar-refractivity contribution in [1.82, 2.24) is 14.7 Å². The van der Waals surface area contributed by atoms with Crippen LogP contribution in [0.5, 0.6) is 0 Å². The van der Waals surface area contributed by atoms with E-state index in [0.29, 0.717) is 25.5 Å². The summed E-state index contributed by atoms with van der Waals surface area (Å²) in [7, 11) is 0. The van der Waals surface area contributed by atoms with Crippen molar-refractivity contribution >= 4 is 11.4 Å². The maximum absolute atomic E-state index is 12.8. The summed E-state index contributed by atoms with van der Waals surface area (Å²) in [5, 5.41) is 12.8. The topological polar surface area (TPSA) is 75.9 Å². The van der Waals surface area contributed by atoms with E-state index in [-0.39, 0.29) is 23.3 Å². The van der Waals surface area contributed by atoms with Gasteiger partial charge in [0.2, 0.25) is 0 Å². The molecule has 25 heavy (non-hydrogen) atoms. The fourth-order valence-electron chi connectivity index (χ4n) is 3.28. The number of aliphatic hydroxyl groups is 1. The van der Waals surface area contributed by atoms with Gasteiger partial charge in [-0.2, -0.15) is 0 Å². The Labute approximate surface area is 148 Å². The number of rotatable bonds is 4. The van der Waals surface area contributed by atoms with Gasteiger partial charge in [-0.15, -0.1) is 0 Å². The number of amides is 1. The minimum atomic E-state index is -0.295. The first-order valence-corrected chi connectivity index (χ1v) is 8.81. The van der Waals surface area contributed by atoms with Crippen LogP contribution in [0.2, 0.25) is 0 Å². The highest BCUT2D eigenvalue weighted by atomic mass is 16.5. The Morgan fingerprint density at radius 1 is 1.36 bits per heavy atom. The van der Waals surface area contributed by atoms with E-state index in [1.165, 1.54) is 0 Å². The molecule has 0 atom stereocenters. The maximum atomic E-state index is 12.8. The Morgan fingerprint density at radius 3 is 2.72 bits per heavy atom. The predicted octanol–water partition coefficient (Wildman–Crippen LogP) is 2.15. The van der Waals surface area contributed by atoms with Crippen molar-refractivity contribution in [3.05, 3.63) is 35.9 Å². The van der Waals surface area contributed by atoms with Gasteiger partial charge in [-0.25, -0.2) is 4.98 Å². The number of nitrogens with one attached hydrogen (secondary N) is 1. The molecule has 0 bridgehead atoms. The van der Waals surface area contributed by atoms with Gasteiger partial charge in [0.15, 0.2) is 5.69 Å². The number of aliphatic hydroxyl groups excluding tert-OH is 1. The fraction of sp³-hybridized carbons (Fsp3) is 0.579. The third-order valence-electron chi connectivity index (χ3n) is 4.95. The molecule has 0 unspecified atom stereocenters. The standard InChI is InChI=1S/C19H27N3O3/c1-18(2,3)17-21-15(14-6-4-5-9-22(14)17)16(24)20-12-19(13-23)7-10-25-11-8-19/h4-6,9,23H,7-8,10-13H2,1-3H3,(H,20,24). The molecule has 0 radical (unpaired) electrons. The monoisotopic (exact) mass is 345 g/mol. The lowest BCUT2D eigenvalue weighted by atomic mass is 9.81. The number of hydrogen-bond acceptors (Lipinski definition) is 4. The number of imidazole rings is 1.